The zero-order valence-corrected chi connectivity index (χ0v) is 10.2. The Morgan fingerprint density at radius 1 is 1.50 bits per heavy atom. The van der Waals surface area contributed by atoms with Crippen molar-refractivity contribution in [3.63, 3.8) is 0 Å². The Balaban J connectivity index is 1.81. The Hall–Kier alpha value is -0.800. The predicted octanol–water partition coefficient (Wildman–Crippen LogP) is 1.65. The topological polar surface area (TPSA) is 48.0 Å². The molecule has 3 heteroatoms. The molecule has 1 aromatic rings. The lowest BCUT2D eigenvalue weighted by Crippen LogP contribution is -2.36. The monoisotopic (exact) mass is 222 g/mol. The van der Waals surface area contributed by atoms with Crippen LogP contribution in [0.25, 0.3) is 0 Å². The van der Waals surface area contributed by atoms with E-state index in [1.165, 1.54) is 18.4 Å². The van der Waals surface area contributed by atoms with Crippen LogP contribution in [0.3, 0.4) is 0 Å². The van der Waals surface area contributed by atoms with Crippen molar-refractivity contribution < 1.29 is 5.11 Å². The second kappa shape index (κ2) is 4.22. The minimum Gasteiger partial charge on any atom is -0.396 e. The predicted molar refractivity (Wildman–Crippen MR) is 65.4 cm³/mol. The number of rotatable bonds is 6. The first-order valence-corrected chi connectivity index (χ1v) is 6.03. The molecule has 0 spiro atoms. The number of hydrogen-bond acceptors (Lipinski definition) is 2. The molecule has 0 amide bonds. The summed E-state index contributed by atoms with van der Waals surface area (Å²) in [6, 6.07) is 2.13. The third-order valence-corrected chi connectivity index (χ3v) is 3.74. The fraction of sp³-hybridized carbons (Fsp3) is 0.692. The van der Waals surface area contributed by atoms with Gasteiger partial charge in [-0.2, -0.15) is 0 Å². The molecule has 1 aromatic heterocycles. The number of aromatic amines is 1. The highest BCUT2D eigenvalue weighted by Gasteiger charge is 2.41. The minimum atomic E-state index is 0.144. The van der Waals surface area contributed by atoms with Crippen LogP contribution in [0.15, 0.2) is 18.5 Å². The van der Waals surface area contributed by atoms with Gasteiger partial charge in [-0.3, -0.25) is 0 Å². The molecular weight excluding hydrogens is 200 g/mol. The van der Waals surface area contributed by atoms with Crippen molar-refractivity contribution >= 4 is 0 Å². The summed E-state index contributed by atoms with van der Waals surface area (Å²) in [7, 11) is 0. The highest BCUT2D eigenvalue weighted by molar-refractivity contribution is 5.20. The summed E-state index contributed by atoms with van der Waals surface area (Å²) in [4.78, 5) is 3.10. The quantitative estimate of drug-likeness (QED) is 0.685. The van der Waals surface area contributed by atoms with Crippen LogP contribution in [-0.2, 0) is 5.41 Å². The number of aliphatic hydroxyl groups excluding tert-OH is 1. The standard InChI is InChI=1S/C13H22N2O/c1-12(2,11-3-6-14-7-11)8-15-9-13(10-16)4-5-13/h3,6-7,14-16H,4-5,8-10H2,1-2H3. The second-order valence-electron chi connectivity index (χ2n) is 5.75. The maximum absolute atomic E-state index is 9.22. The first kappa shape index (κ1) is 11.7. The van der Waals surface area contributed by atoms with Gasteiger partial charge in [0.1, 0.15) is 0 Å². The first-order valence-electron chi connectivity index (χ1n) is 6.03. The van der Waals surface area contributed by atoms with E-state index < -0.39 is 0 Å². The smallest absolute Gasteiger partial charge is 0.0499 e. The molecule has 1 fully saturated rings. The van der Waals surface area contributed by atoms with Crippen LogP contribution in [0.5, 0.6) is 0 Å². The molecular formula is C13H22N2O. The van der Waals surface area contributed by atoms with Crippen LogP contribution >= 0.6 is 0 Å². The Morgan fingerprint density at radius 3 is 2.75 bits per heavy atom. The van der Waals surface area contributed by atoms with Crippen molar-refractivity contribution in [2.45, 2.75) is 32.1 Å². The molecule has 0 atom stereocenters. The molecule has 0 unspecified atom stereocenters. The molecule has 0 saturated heterocycles. The van der Waals surface area contributed by atoms with E-state index >= 15 is 0 Å². The van der Waals surface area contributed by atoms with Gasteiger partial charge >= 0.3 is 0 Å². The lowest BCUT2D eigenvalue weighted by atomic mass is 9.86. The third kappa shape index (κ3) is 2.47. The molecule has 0 aromatic carbocycles. The van der Waals surface area contributed by atoms with Crippen LogP contribution in [0, 0.1) is 5.41 Å². The molecule has 1 heterocycles. The third-order valence-electron chi connectivity index (χ3n) is 3.74. The van der Waals surface area contributed by atoms with Gasteiger partial charge < -0.3 is 15.4 Å². The lowest BCUT2D eigenvalue weighted by Gasteiger charge is -2.25. The average Bonchev–Trinajstić information content (AvgIpc) is 2.81. The Labute approximate surface area is 97.3 Å². The van der Waals surface area contributed by atoms with Crippen LogP contribution in [0.2, 0.25) is 0 Å². The molecule has 0 aliphatic heterocycles. The van der Waals surface area contributed by atoms with Gasteiger partial charge in [-0.15, -0.1) is 0 Å². The SMILES string of the molecule is CC(C)(CNCC1(CO)CC1)c1cc[nH]c1. The molecule has 3 nitrogen and oxygen atoms in total. The Kier molecular flexibility index (Phi) is 3.08. The van der Waals surface area contributed by atoms with Gasteiger partial charge in [-0.05, 0) is 24.5 Å². The van der Waals surface area contributed by atoms with Gasteiger partial charge in [0.2, 0.25) is 0 Å². The van der Waals surface area contributed by atoms with Crippen molar-refractivity contribution in [2.75, 3.05) is 19.7 Å². The van der Waals surface area contributed by atoms with Crippen LogP contribution < -0.4 is 5.32 Å². The second-order valence-corrected chi connectivity index (χ2v) is 5.75. The van der Waals surface area contributed by atoms with Gasteiger partial charge in [0.15, 0.2) is 0 Å². The molecule has 90 valence electrons. The van der Waals surface area contributed by atoms with E-state index in [2.05, 4.69) is 36.4 Å². The zero-order valence-electron chi connectivity index (χ0n) is 10.2. The summed E-state index contributed by atoms with van der Waals surface area (Å²) in [5.41, 5.74) is 1.67. The fourth-order valence-electron chi connectivity index (χ4n) is 2.05. The van der Waals surface area contributed by atoms with Crippen LogP contribution in [0.1, 0.15) is 32.3 Å². The van der Waals surface area contributed by atoms with E-state index in [4.69, 9.17) is 0 Å². The van der Waals surface area contributed by atoms with Gasteiger partial charge in [-0.1, -0.05) is 13.8 Å². The van der Waals surface area contributed by atoms with Gasteiger partial charge in [0, 0.05) is 42.9 Å². The number of aromatic nitrogens is 1. The van der Waals surface area contributed by atoms with E-state index in [0.717, 1.165) is 13.1 Å². The van der Waals surface area contributed by atoms with E-state index in [-0.39, 0.29) is 10.8 Å². The average molecular weight is 222 g/mol. The van der Waals surface area contributed by atoms with Crippen LogP contribution in [0.4, 0.5) is 0 Å². The largest absolute Gasteiger partial charge is 0.396 e. The van der Waals surface area contributed by atoms with Crippen LogP contribution in [-0.4, -0.2) is 29.8 Å². The van der Waals surface area contributed by atoms with E-state index in [1.54, 1.807) is 0 Å². The summed E-state index contributed by atoms with van der Waals surface area (Å²) in [6.07, 6.45) is 6.36. The zero-order chi connectivity index (χ0) is 11.6. The highest BCUT2D eigenvalue weighted by atomic mass is 16.3. The molecule has 1 aliphatic carbocycles. The van der Waals surface area contributed by atoms with Crippen molar-refractivity contribution in [3.05, 3.63) is 24.0 Å². The lowest BCUT2D eigenvalue weighted by molar-refractivity contribution is 0.205. The number of H-pyrrole nitrogens is 1. The fourth-order valence-corrected chi connectivity index (χ4v) is 2.05. The molecule has 2 rings (SSSR count). The summed E-state index contributed by atoms with van der Waals surface area (Å²) in [5.74, 6) is 0. The van der Waals surface area contributed by atoms with E-state index in [1.807, 2.05) is 6.20 Å². The summed E-state index contributed by atoms with van der Waals surface area (Å²) in [6.45, 7) is 6.69. The van der Waals surface area contributed by atoms with Crippen molar-refractivity contribution in [1.82, 2.24) is 10.3 Å². The number of aliphatic hydroxyl groups is 1. The van der Waals surface area contributed by atoms with E-state index in [0.29, 0.717) is 6.61 Å². The molecule has 0 bridgehead atoms. The van der Waals surface area contributed by atoms with Crippen molar-refractivity contribution in [1.29, 1.82) is 0 Å². The molecule has 1 saturated carbocycles. The molecule has 3 N–H and O–H groups in total. The number of hydrogen-bond donors (Lipinski definition) is 3. The van der Waals surface area contributed by atoms with Crippen molar-refractivity contribution in [3.8, 4) is 0 Å². The Morgan fingerprint density at radius 2 is 2.25 bits per heavy atom. The summed E-state index contributed by atoms with van der Waals surface area (Å²) >= 11 is 0. The summed E-state index contributed by atoms with van der Waals surface area (Å²) in [5, 5.41) is 12.7. The maximum atomic E-state index is 9.22. The minimum absolute atomic E-state index is 0.144. The first-order chi connectivity index (χ1) is 7.58. The molecule has 0 radical (unpaired) electrons. The normalized spacial score (nSPS) is 18.7. The number of nitrogens with one attached hydrogen (secondary N) is 2. The van der Waals surface area contributed by atoms with Gasteiger partial charge in [0.05, 0.1) is 0 Å². The maximum Gasteiger partial charge on any atom is 0.0499 e. The van der Waals surface area contributed by atoms with E-state index in [9.17, 15) is 5.11 Å². The molecule has 16 heavy (non-hydrogen) atoms. The highest BCUT2D eigenvalue weighted by Crippen LogP contribution is 2.44. The summed E-state index contributed by atoms with van der Waals surface area (Å²) < 4.78 is 0. The Bertz CT molecular complexity index is 326. The van der Waals surface area contributed by atoms with Gasteiger partial charge in [0.25, 0.3) is 0 Å². The van der Waals surface area contributed by atoms with Crippen molar-refractivity contribution in [2.24, 2.45) is 5.41 Å². The van der Waals surface area contributed by atoms with Gasteiger partial charge in [-0.25, -0.2) is 0 Å². The molecule has 1 aliphatic rings.